The normalized spacial score (nSPS) is 18.1. The van der Waals surface area contributed by atoms with Crippen LogP contribution < -0.4 is 5.32 Å². The average Bonchev–Trinajstić information content (AvgIpc) is 2.39. The molecule has 1 heterocycles. The van der Waals surface area contributed by atoms with Crippen LogP contribution >= 0.6 is 35.6 Å². The molecule has 0 saturated carbocycles. The van der Waals surface area contributed by atoms with Gasteiger partial charge < -0.3 is 5.32 Å². The maximum atomic E-state index is 12.8. The van der Waals surface area contributed by atoms with Crippen molar-refractivity contribution in [2.75, 3.05) is 26.2 Å². The quantitative estimate of drug-likeness (QED) is 0.860. The van der Waals surface area contributed by atoms with Gasteiger partial charge in [-0.1, -0.05) is 29.3 Å². The Morgan fingerprint density at radius 2 is 1.76 bits per heavy atom. The van der Waals surface area contributed by atoms with Crippen LogP contribution in [0.2, 0.25) is 10.0 Å². The number of rotatable bonds is 3. The molecule has 1 aliphatic heterocycles. The first-order valence-electron chi connectivity index (χ1n) is 6.33. The minimum Gasteiger partial charge on any atom is -0.314 e. The lowest BCUT2D eigenvalue weighted by molar-refractivity contribution is -0.148. The molecular formula is C13H16Cl3F3N2. The summed E-state index contributed by atoms with van der Waals surface area (Å²) in [6, 6.07) is 3.98. The van der Waals surface area contributed by atoms with Crippen LogP contribution in [0.25, 0.3) is 0 Å². The highest BCUT2D eigenvalue weighted by Crippen LogP contribution is 2.36. The first kappa shape index (κ1) is 18.8. The van der Waals surface area contributed by atoms with Crippen molar-refractivity contribution in [3.63, 3.8) is 0 Å². The summed E-state index contributed by atoms with van der Waals surface area (Å²) in [6.45, 7) is 2.55. The first-order chi connectivity index (χ1) is 9.37. The molecule has 0 aromatic heterocycles. The van der Waals surface area contributed by atoms with E-state index in [0.29, 0.717) is 36.8 Å². The molecule has 2 rings (SSSR count). The Hall–Kier alpha value is -0.200. The summed E-state index contributed by atoms with van der Waals surface area (Å²) in [5.74, 6) is 0. The van der Waals surface area contributed by atoms with Crippen molar-refractivity contribution in [1.82, 2.24) is 10.2 Å². The number of hydrogen-bond donors (Lipinski definition) is 1. The first-order valence-corrected chi connectivity index (χ1v) is 7.09. The van der Waals surface area contributed by atoms with Gasteiger partial charge in [-0.3, -0.25) is 4.90 Å². The Bertz CT molecular complexity index is 462. The van der Waals surface area contributed by atoms with Crippen molar-refractivity contribution in [3.05, 3.63) is 33.8 Å². The van der Waals surface area contributed by atoms with Gasteiger partial charge in [-0.25, -0.2) is 0 Å². The Morgan fingerprint density at radius 1 is 1.14 bits per heavy atom. The smallest absolute Gasteiger partial charge is 0.314 e. The molecule has 21 heavy (non-hydrogen) atoms. The number of nitrogens with zero attached hydrogens (tertiary/aromatic N) is 1. The molecule has 0 aliphatic carbocycles. The third-order valence-corrected chi connectivity index (χ3v) is 4.08. The second-order valence-electron chi connectivity index (χ2n) is 4.79. The maximum absolute atomic E-state index is 12.8. The van der Waals surface area contributed by atoms with Gasteiger partial charge in [0.05, 0.1) is 16.5 Å². The zero-order chi connectivity index (χ0) is 14.8. The Morgan fingerprint density at radius 3 is 2.29 bits per heavy atom. The highest BCUT2D eigenvalue weighted by atomic mass is 35.5. The topological polar surface area (TPSA) is 15.3 Å². The average molecular weight is 364 g/mol. The minimum atomic E-state index is -4.22. The second-order valence-corrected chi connectivity index (χ2v) is 5.61. The molecule has 1 atom stereocenters. The number of nitrogens with one attached hydrogen (secondary N) is 1. The van der Waals surface area contributed by atoms with Crippen LogP contribution in [0.5, 0.6) is 0 Å². The van der Waals surface area contributed by atoms with E-state index in [2.05, 4.69) is 5.32 Å². The van der Waals surface area contributed by atoms with Gasteiger partial charge in [0.15, 0.2) is 0 Å². The monoisotopic (exact) mass is 362 g/mol. The van der Waals surface area contributed by atoms with Gasteiger partial charge in [-0.2, -0.15) is 13.2 Å². The number of piperazine rings is 1. The molecule has 0 unspecified atom stereocenters. The maximum Gasteiger partial charge on any atom is 0.390 e. The van der Waals surface area contributed by atoms with Crippen molar-refractivity contribution >= 4 is 35.6 Å². The van der Waals surface area contributed by atoms with Crippen LogP contribution in [-0.2, 0) is 0 Å². The Labute approximate surface area is 138 Å². The van der Waals surface area contributed by atoms with E-state index in [-0.39, 0.29) is 17.4 Å². The van der Waals surface area contributed by atoms with Crippen LogP contribution in [0.1, 0.15) is 18.0 Å². The Kier molecular flexibility index (Phi) is 7.07. The van der Waals surface area contributed by atoms with Gasteiger partial charge in [0.25, 0.3) is 0 Å². The predicted octanol–water partition coefficient (Wildman–Crippen LogP) is 4.31. The summed E-state index contributed by atoms with van der Waals surface area (Å²) < 4.78 is 38.5. The summed E-state index contributed by atoms with van der Waals surface area (Å²) in [7, 11) is 0. The van der Waals surface area contributed by atoms with Crippen molar-refractivity contribution in [3.8, 4) is 0 Å². The fourth-order valence-corrected chi connectivity index (χ4v) is 2.70. The van der Waals surface area contributed by atoms with Gasteiger partial charge in [0, 0.05) is 32.2 Å². The van der Waals surface area contributed by atoms with E-state index in [0.717, 1.165) is 0 Å². The van der Waals surface area contributed by atoms with E-state index in [4.69, 9.17) is 23.2 Å². The predicted molar refractivity (Wildman–Crippen MR) is 81.6 cm³/mol. The molecule has 8 heteroatoms. The number of alkyl halides is 3. The zero-order valence-electron chi connectivity index (χ0n) is 11.1. The van der Waals surface area contributed by atoms with Gasteiger partial charge in [0.1, 0.15) is 0 Å². The summed E-state index contributed by atoms with van der Waals surface area (Å²) in [5.41, 5.74) is 0.554. The molecule has 0 amide bonds. The van der Waals surface area contributed by atoms with Crippen molar-refractivity contribution in [1.29, 1.82) is 0 Å². The molecule has 0 bridgehead atoms. The molecule has 1 N–H and O–H groups in total. The van der Waals surface area contributed by atoms with Crippen molar-refractivity contribution in [2.45, 2.75) is 18.6 Å². The highest BCUT2D eigenvalue weighted by molar-refractivity contribution is 6.42. The van der Waals surface area contributed by atoms with E-state index in [1.54, 1.807) is 12.1 Å². The van der Waals surface area contributed by atoms with E-state index < -0.39 is 18.6 Å². The zero-order valence-corrected chi connectivity index (χ0v) is 13.4. The summed E-state index contributed by atoms with van der Waals surface area (Å²) in [5, 5.41) is 3.77. The molecule has 1 aromatic carbocycles. The standard InChI is InChI=1S/C13H15Cl2F3N2.ClH/c14-10-2-1-9(7-11(10)15)12(8-13(16,17)18)20-5-3-19-4-6-20;/h1-2,7,12,19H,3-6,8H2;1H/t12-;/m0./s1. The van der Waals surface area contributed by atoms with Crippen LogP contribution in [0.3, 0.4) is 0 Å². The van der Waals surface area contributed by atoms with Crippen LogP contribution in [0, 0.1) is 0 Å². The molecule has 120 valence electrons. The second kappa shape index (κ2) is 7.88. The van der Waals surface area contributed by atoms with Crippen LogP contribution in [0.15, 0.2) is 18.2 Å². The fourth-order valence-electron chi connectivity index (χ4n) is 2.39. The minimum absolute atomic E-state index is 0. The molecule has 0 radical (unpaired) electrons. The van der Waals surface area contributed by atoms with Gasteiger partial charge in [-0.15, -0.1) is 12.4 Å². The largest absolute Gasteiger partial charge is 0.390 e. The van der Waals surface area contributed by atoms with Crippen LogP contribution in [0.4, 0.5) is 13.2 Å². The summed E-state index contributed by atoms with van der Waals surface area (Å²) in [6.07, 6.45) is -5.10. The van der Waals surface area contributed by atoms with E-state index >= 15 is 0 Å². The number of benzene rings is 1. The molecule has 0 spiro atoms. The molecule has 1 fully saturated rings. The summed E-state index contributed by atoms with van der Waals surface area (Å²) >= 11 is 11.8. The fraction of sp³-hybridized carbons (Fsp3) is 0.538. The Balaban J connectivity index is 0.00000220. The molecule has 1 aromatic rings. The van der Waals surface area contributed by atoms with Gasteiger partial charge in [-0.05, 0) is 17.7 Å². The molecule has 2 nitrogen and oxygen atoms in total. The highest BCUT2D eigenvalue weighted by Gasteiger charge is 2.36. The molecule has 1 saturated heterocycles. The van der Waals surface area contributed by atoms with E-state index in [1.165, 1.54) is 6.07 Å². The van der Waals surface area contributed by atoms with Gasteiger partial charge >= 0.3 is 6.18 Å². The molecule has 1 aliphatic rings. The third-order valence-electron chi connectivity index (χ3n) is 3.35. The lowest BCUT2D eigenvalue weighted by Crippen LogP contribution is -2.46. The van der Waals surface area contributed by atoms with Crippen molar-refractivity contribution in [2.24, 2.45) is 0 Å². The lowest BCUT2D eigenvalue weighted by Gasteiger charge is -2.35. The number of hydrogen-bond acceptors (Lipinski definition) is 2. The van der Waals surface area contributed by atoms with E-state index in [9.17, 15) is 13.2 Å². The lowest BCUT2D eigenvalue weighted by atomic mass is 10.0. The third kappa shape index (κ3) is 5.49. The van der Waals surface area contributed by atoms with Crippen LogP contribution in [-0.4, -0.2) is 37.3 Å². The summed E-state index contributed by atoms with van der Waals surface area (Å²) in [4.78, 5) is 1.84. The van der Waals surface area contributed by atoms with E-state index in [1.807, 2.05) is 4.90 Å². The SMILES string of the molecule is Cl.FC(F)(F)C[C@@H](c1ccc(Cl)c(Cl)c1)N1CCNCC1. The number of halogens is 6. The van der Waals surface area contributed by atoms with Gasteiger partial charge in [0.2, 0.25) is 0 Å². The molecular weight excluding hydrogens is 348 g/mol. The van der Waals surface area contributed by atoms with Crippen molar-refractivity contribution < 1.29 is 13.2 Å².